The number of carbonyl (C=O) groups excluding carboxylic acids is 2. The summed E-state index contributed by atoms with van der Waals surface area (Å²) >= 11 is 1.27. The summed E-state index contributed by atoms with van der Waals surface area (Å²) in [5, 5.41) is 15.3. The summed E-state index contributed by atoms with van der Waals surface area (Å²) < 4.78 is 5.40. The summed E-state index contributed by atoms with van der Waals surface area (Å²) in [6.07, 6.45) is 0. The summed E-state index contributed by atoms with van der Waals surface area (Å²) in [5.74, 6) is -0.0317. The van der Waals surface area contributed by atoms with E-state index in [1.807, 2.05) is 47.4 Å². The summed E-state index contributed by atoms with van der Waals surface area (Å²) in [6, 6.07) is 16.3. The normalized spacial score (nSPS) is 13.3. The summed E-state index contributed by atoms with van der Waals surface area (Å²) in [4.78, 5) is 40.6. The van der Waals surface area contributed by atoms with Crippen molar-refractivity contribution in [1.29, 1.82) is 5.26 Å². The smallest absolute Gasteiger partial charge is 0.261 e. The Morgan fingerprint density at radius 3 is 2.50 bits per heavy atom. The maximum absolute atomic E-state index is 13.2. The molecule has 1 aromatic carbocycles. The molecule has 0 unspecified atom stereocenters. The molecule has 11 heteroatoms. The number of fused-ring (bicyclic) bond motifs is 1. The Morgan fingerprint density at radius 1 is 1.00 bits per heavy atom. The van der Waals surface area contributed by atoms with E-state index in [1.54, 1.807) is 6.07 Å². The molecule has 36 heavy (non-hydrogen) atoms. The Hall–Kier alpha value is -4.40. The van der Waals surface area contributed by atoms with Crippen molar-refractivity contribution in [1.82, 2.24) is 15.0 Å². The van der Waals surface area contributed by atoms with Gasteiger partial charge in [0.2, 0.25) is 5.91 Å². The van der Waals surface area contributed by atoms with Crippen LogP contribution in [0.25, 0.3) is 21.6 Å². The fraction of sp³-hybridized carbons (Fsp3) is 0.200. The number of thiazole rings is 1. The number of aromatic nitrogens is 3. The summed E-state index contributed by atoms with van der Waals surface area (Å²) in [5.41, 5.74) is 3.63. The van der Waals surface area contributed by atoms with Crippen LogP contribution in [0.2, 0.25) is 0 Å². The van der Waals surface area contributed by atoms with Crippen LogP contribution in [0.3, 0.4) is 0 Å². The number of rotatable bonds is 5. The third-order valence-corrected chi connectivity index (χ3v) is 6.40. The molecule has 1 aliphatic rings. The molecule has 5 rings (SSSR count). The van der Waals surface area contributed by atoms with Gasteiger partial charge in [-0.3, -0.25) is 14.9 Å². The molecule has 3 aromatic heterocycles. The van der Waals surface area contributed by atoms with Crippen molar-refractivity contribution in [3.63, 3.8) is 0 Å². The third kappa shape index (κ3) is 5.00. The highest BCUT2D eigenvalue weighted by Crippen LogP contribution is 2.29. The highest BCUT2D eigenvalue weighted by molar-refractivity contribution is 7.22. The van der Waals surface area contributed by atoms with Crippen LogP contribution in [0, 0.1) is 11.3 Å². The first-order valence-corrected chi connectivity index (χ1v) is 12.0. The van der Waals surface area contributed by atoms with E-state index in [4.69, 9.17) is 9.72 Å². The lowest BCUT2D eigenvalue weighted by Crippen LogP contribution is -2.38. The molecule has 0 spiro atoms. The monoisotopic (exact) mass is 499 g/mol. The zero-order chi connectivity index (χ0) is 25.1. The molecule has 0 saturated carbocycles. The van der Waals surface area contributed by atoms with Gasteiger partial charge in [0.25, 0.3) is 5.91 Å². The molecule has 10 nitrogen and oxygen atoms in total. The molecular weight excluding hydrogens is 478 g/mol. The number of hydrogen-bond acceptors (Lipinski definition) is 9. The first-order valence-electron chi connectivity index (χ1n) is 11.2. The maximum atomic E-state index is 13.2. The van der Waals surface area contributed by atoms with Crippen molar-refractivity contribution in [2.75, 3.05) is 41.8 Å². The minimum absolute atomic E-state index is 0.129. The predicted octanol–water partition coefficient (Wildman–Crippen LogP) is 3.67. The lowest BCUT2D eigenvalue weighted by Gasteiger charge is -2.29. The lowest BCUT2D eigenvalue weighted by molar-refractivity contribution is -0.114. The molecule has 0 aliphatic carbocycles. The van der Waals surface area contributed by atoms with Crippen molar-refractivity contribution >= 4 is 50.1 Å². The number of nitriles is 1. The molecule has 1 fully saturated rings. The standard InChI is InChI=1S/C25H21N7O3S/c1-15(33)27-17-4-2-16(3-5-17)20-8-9-21-24(29-20)36-25(30-21)31-23(34)19-7-6-18(14-26)28-22(19)32-10-12-35-13-11-32/h2-9H,10-13H2,1H3,(H,27,33)(H,30,31,34). The lowest BCUT2D eigenvalue weighted by atomic mass is 10.1. The van der Waals surface area contributed by atoms with Gasteiger partial charge in [0, 0.05) is 31.3 Å². The number of pyridine rings is 2. The van der Waals surface area contributed by atoms with E-state index in [-0.39, 0.29) is 17.5 Å². The fourth-order valence-corrected chi connectivity index (χ4v) is 4.66. The van der Waals surface area contributed by atoms with Gasteiger partial charge in [-0.05, 0) is 36.4 Å². The SMILES string of the molecule is CC(=O)Nc1ccc(-c2ccc3nc(NC(=O)c4ccc(C#N)nc4N4CCOCC4)sc3n2)cc1. The highest BCUT2D eigenvalue weighted by atomic mass is 32.1. The van der Waals surface area contributed by atoms with Crippen LogP contribution in [0.5, 0.6) is 0 Å². The van der Waals surface area contributed by atoms with Crippen LogP contribution in [-0.2, 0) is 9.53 Å². The summed E-state index contributed by atoms with van der Waals surface area (Å²) in [6.45, 7) is 3.69. The van der Waals surface area contributed by atoms with Crippen molar-refractivity contribution < 1.29 is 14.3 Å². The number of benzene rings is 1. The van der Waals surface area contributed by atoms with E-state index in [0.717, 1.165) is 11.3 Å². The number of carbonyl (C=O) groups is 2. The van der Waals surface area contributed by atoms with Crippen molar-refractivity contribution in [2.45, 2.75) is 6.92 Å². The quantitative estimate of drug-likeness (QED) is 0.425. The van der Waals surface area contributed by atoms with Gasteiger partial charge in [0.15, 0.2) is 5.13 Å². The predicted molar refractivity (Wildman–Crippen MR) is 137 cm³/mol. The number of nitrogens with one attached hydrogen (secondary N) is 2. The van der Waals surface area contributed by atoms with Gasteiger partial charge in [-0.15, -0.1) is 0 Å². The molecule has 1 saturated heterocycles. The van der Waals surface area contributed by atoms with Crippen molar-refractivity contribution in [2.24, 2.45) is 0 Å². The minimum Gasteiger partial charge on any atom is -0.378 e. The summed E-state index contributed by atoms with van der Waals surface area (Å²) in [7, 11) is 0. The van der Waals surface area contributed by atoms with Gasteiger partial charge < -0.3 is 15.0 Å². The average molecular weight is 500 g/mol. The molecule has 1 aliphatic heterocycles. The molecule has 4 aromatic rings. The topological polar surface area (TPSA) is 133 Å². The van der Waals surface area contributed by atoms with E-state index < -0.39 is 0 Å². The maximum Gasteiger partial charge on any atom is 0.261 e. The molecule has 0 bridgehead atoms. The van der Waals surface area contributed by atoms with Crippen LogP contribution in [0.15, 0.2) is 48.5 Å². The number of hydrogen-bond donors (Lipinski definition) is 2. The second-order valence-electron chi connectivity index (χ2n) is 8.03. The second-order valence-corrected chi connectivity index (χ2v) is 9.01. The average Bonchev–Trinajstić information content (AvgIpc) is 3.30. The van der Waals surface area contributed by atoms with Gasteiger partial charge in [-0.2, -0.15) is 5.26 Å². The number of amides is 2. The first kappa shape index (κ1) is 23.3. The molecule has 180 valence electrons. The number of ether oxygens (including phenoxy) is 1. The van der Waals surface area contributed by atoms with E-state index in [2.05, 4.69) is 20.6 Å². The Bertz CT molecular complexity index is 1490. The number of nitrogens with zero attached hydrogens (tertiary/aromatic N) is 5. The van der Waals surface area contributed by atoms with E-state index in [1.165, 1.54) is 24.3 Å². The van der Waals surface area contributed by atoms with Gasteiger partial charge in [-0.1, -0.05) is 23.5 Å². The van der Waals surface area contributed by atoms with Gasteiger partial charge in [0.05, 0.1) is 24.5 Å². The van der Waals surface area contributed by atoms with Crippen LogP contribution in [0.4, 0.5) is 16.6 Å². The Kier molecular flexibility index (Phi) is 6.53. The largest absolute Gasteiger partial charge is 0.378 e. The van der Waals surface area contributed by atoms with E-state index in [0.29, 0.717) is 58.9 Å². The van der Waals surface area contributed by atoms with Gasteiger partial charge >= 0.3 is 0 Å². The third-order valence-electron chi connectivity index (χ3n) is 5.52. The molecular formula is C25H21N7O3S. The zero-order valence-electron chi connectivity index (χ0n) is 19.3. The number of morpholine rings is 1. The fourth-order valence-electron chi connectivity index (χ4n) is 3.83. The highest BCUT2D eigenvalue weighted by Gasteiger charge is 2.22. The van der Waals surface area contributed by atoms with Crippen LogP contribution in [-0.4, -0.2) is 53.1 Å². The molecule has 0 radical (unpaired) electrons. The zero-order valence-corrected chi connectivity index (χ0v) is 20.1. The van der Waals surface area contributed by atoms with Crippen LogP contribution >= 0.6 is 11.3 Å². The van der Waals surface area contributed by atoms with E-state index in [9.17, 15) is 14.9 Å². The van der Waals surface area contributed by atoms with E-state index >= 15 is 0 Å². The van der Waals surface area contributed by atoms with Crippen molar-refractivity contribution in [3.05, 3.63) is 59.8 Å². The first-order chi connectivity index (χ1) is 17.5. The van der Waals surface area contributed by atoms with Crippen LogP contribution < -0.4 is 15.5 Å². The van der Waals surface area contributed by atoms with Gasteiger partial charge in [0.1, 0.15) is 27.9 Å². The van der Waals surface area contributed by atoms with Crippen LogP contribution in [0.1, 0.15) is 23.0 Å². The van der Waals surface area contributed by atoms with Gasteiger partial charge in [-0.25, -0.2) is 15.0 Å². The molecule has 2 N–H and O–H groups in total. The minimum atomic E-state index is -0.360. The number of anilines is 3. The molecule has 0 atom stereocenters. The Labute approximate surface area is 210 Å². The Balaban J connectivity index is 1.38. The second kappa shape index (κ2) is 10.1. The van der Waals surface area contributed by atoms with Crippen molar-refractivity contribution in [3.8, 4) is 17.3 Å². The Morgan fingerprint density at radius 2 is 1.78 bits per heavy atom. The molecule has 4 heterocycles. The molecule has 2 amide bonds.